The molecule has 1 amide bonds. The standard InChI is InChI=1S/C16H21NO2/c1-16(2,3)10-14(18)12-7-6-11-5-4-8-17-15(19)13(11)9-12/h6-7,9H,4-5,8,10H2,1-3H3,(H,17,19). The monoisotopic (exact) mass is 259 g/mol. The fraction of sp³-hybridized carbons (Fsp3) is 0.500. The molecule has 0 saturated heterocycles. The maximum Gasteiger partial charge on any atom is 0.251 e. The molecule has 0 radical (unpaired) electrons. The topological polar surface area (TPSA) is 46.2 Å². The van der Waals surface area contributed by atoms with Gasteiger partial charge in [-0.15, -0.1) is 0 Å². The Morgan fingerprint density at radius 2 is 2.05 bits per heavy atom. The number of amides is 1. The average molecular weight is 259 g/mol. The minimum absolute atomic E-state index is 0.0356. The van der Waals surface area contributed by atoms with Gasteiger partial charge in [-0.3, -0.25) is 9.59 Å². The number of benzene rings is 1. The van der Waals surface area contributed by atoms with Crippen LogP contribution in [0.4, 0.5) is 0 Å². The Hall–Kier alpha value is -1.64. The van der Waals surface area contributed by atoms with Crippen LogP contribution in [-0.4, -0.2) is 18.2 Å². The number of hydrogen-bond acceptors (Lipinski definition) is 2. The second kappa shape index (κ2) is 5.16. The molecule has 0 fully saturated rings. The number of hydrogen-bond donors (Lipinski definition) is 1. The lowest BCUT2D eigenvalue weighted by molar-refractivity contribution is 0.0939. The molecule has 0 unspecified atom stereocenters. The molecule has 0 saturated carbocycles. The zero-order valence-corrected chi connectivity index (χ0v) is 11.9. The fourth-order valence-electron chi connectivity index (χ4n) is 2.34. The lowest BCUT2D eigenvalue weighted by Crippen LogP contribution is -2.23. The van der Waals surface area contributed by atoms with Crippen LogP contribution in [0.2, 0.25) is 0 Å². The molecule has 1 aromatic carbocycles. The number of rotatable bonds is 2. The van der Waals surface area contributed by atoms with Gasteiger partial charge in [-0.2, -0.15) is 0 Å². The van der Waals surface area contributed by atoms with E-state index in [1.54, 1.807) is 6.07 Å². The predicted molar refractivity (Wildman–Crippen MR) is 75.5 cm³/mol. The van der Waals surface area contributed by atoms with E-state index < -0.39 is 0 Å². The Balaban J connectivity index is 2.30. The molecule has 1 aromatic rings. The number of fused-ring (bicyclic) bond motifs is 1. The highest BCUT2D eigenvalue weighted by Crippen LogP contribution is 2.23. The highest BCUT2D eigenvalue weighted by atomic mass is 16.1. The maximum atomic E-state index is 12.2. The first-order valence-corrected chi connectivity index (χ1v) is 6.81. The van der Waals surface area contributed by atoms with Crippen molar-refractivity contribution in [3.63, 3.8) is 0 Å². The molecule has 102 valence electrons. The molecule has 19 heavy (non-hydrogen) atoms. The summed E-state index contributed by atoms with van der Waals surface area (Å²) in [5, 5.41) is 2.86. The number of nitrogens with one attached hydrogen (secondary N) is 1. The zero-order chi connectivity index (χ0) is 14.0. The number of ketones is 1. The summed E-state index contributed by atoms with van der Waals surface area (Å²) in [5.74, 6) is 0.0465. The van der Waals surface area contributed by atoms with Crippen LogP contribution in [0.1, 0.15) is 59.9 Å². The molecule has 0 aliphatic carbocycles. The van der Waals surface area contributed by atoms with Gasteiger partial charge in [0.05, 0.1) is 0 Å². The highest BCUT2D eigenvalue weighted by Gasteiger charge is 2.20. The molecule has 1 N–H and O–H groups in total. The molecular weight excluding hydrogens is 238 g/mol. The third kappa shape index (κ3) is 3.43. The third-order valence-corrected chi connectivity index (χ3v) is 3.28. The molecule has 1 aliphatic rings. The largest absolute Gasteiger partial charge is 0.352 e. The van der Waals surface area contributed by atoms with Crippen molar-refractivity contribution >= 4 is 11.7 Å². The Labute approximate surface area is 114 Å². The molecule has 3 heteroatoms. The van der Waals surface area contributed by atoms with Crippen LogP contribution in [0.5, 0.6) is 0 Å². The molecule has 0 atom stereocenters. The van der Waals surface area contributed by atoms with E-state index in [9.17, 15) is 9.59 Å². The number of aryl methyl sites for hydroxylation is 1. The quantitative estimate of drug-likeness (QED) is 0.830. The average Bonchev–Trinajstić information content (AvgIpc) is 2.49. The number of carbonyl (C=O) groups excluding carboxylic acids is 2. The molecule has 1 aliphatic heterocycles. The van der Waals surface area contributed by atoms with Crippen molar-refractivity contribution in [2.45, 2.75) is 40.0 Å². The van der Waals surface area contributed by atoms with Gasteiger partial charge in [0, 0.05) is 24.1 Å². The SMILES string of the molecule is CC(C)(C)CC(=O)c1ccc2c(c1)C(=O)NCCC2. The smallest absolute Gasteiger partial charge is 0.251 e. The predicted octanol–water partition coefficient (Wildman–Crippen LogP) is 2.98. The zero-order valence-electron chi connectivity index (χ0n) is 11.9. The lowest BCUT2D eigenvalue weighted by atomic mass is 9.87. The highest BCUT2D eigenvalue weighted by molar-refractivity contribution is 6.01. The van der Waals surface area contributed by atoms with Crippen molar-refractivity contribution in [3.05, 3.63) is 34.9 Å². The van der Waals surface area contributed by atoms with E-state index in [-0.39, 0.29) is 17.1 Å². The van der Waals surface area contributed by atoms with Gasteiger partial charge in [0.1, 0.15) is 0 Å². The molecule has 0 bridgehead atoms. The van der Waals surface area contributed by atoms with Crippen LogP contribution in [0.25, 0.3) is 0 Å². The van der Waals surface area contributed by atoms with Crippen molar-refractivity contribution in [2.24, 2.45) is 5.41 Å². The van der Waals surface area contributed by atoms with Gasteiger partial charge in [0.2, 0.25) is 0 Å². The Kier molecular flexibility index (Phi) is 3.74. The van der Waals surface area contributed by atoms with Crippen molar-refractivity contribution in [3.8, 4) is 0 Å². The van der Waals surface area contributed by atoms with Crippen molar-refractivity contribution in [1.29, 1.82) is 0 Å². The maximum absolute atomic E-state index is 12.2. The van der Waals surface area contributed by atoms with E-state index in [4.69, 9.17) is 0 Å². The molecule has 0 spiro atoms. The summed E-state index contributed by atoms with van der Waals surface area (Å²) >= 11 is 0. The van der Waals surface area contributed by atoms with Gasteiger partial charge >= 0.3 is 0 Å². The van der Waals surface area contributed by atoms with Gasteiger partial charge in [-0.1, -0.05) is 32.9 Å². The van der Waals surface area contributed by atoms with Gasteiger partial charge in [-0.25, -0.2) is 0 Å². The van der Waals surface area contributed by atoms with Crippen molar-refractivity contribution in [2.75, 3.05) is 6.54 Å². The summed E-state index contributed by atoms with van der Waals surface area (Å²) in [6, 6.07) is 5.53. The van der Waals surface area contributed by atoms with E-state index in [0.29, 0.717) is 24.1 Å². The van der Waals surface area contributed by atoms with Gasteiger partial charge < -0.3 is 5.32 Å². The molecule has 3 nitrogen and oxygen atoms in total. The van der Waals surface area contributed by atoms with Gasteiger partial charge in [-0.05, 0) is 29.9 Å². The molecule has 1 heterocycles. The fourth-order valence-corrected chi connectivity index (χ4v) is 2.34. The molecule has 2 rings (SSSR count). The van der Waals surface area contributed by atoms with Crippen molar-refractivity contribution < 1.29 is 9.59 Å². The third-order valence-electron chi connectivity index (χ3n) is 3.28. The summed E-state index contributed by atoms with van der Waals surface area (Å²) in [6.45, 7) is 6.84. The number of carbonyl (C=O) groups is 2. The number of Topliss-reactive ketones (excluding diaryl/α,β-unsaturated/α-hetero) is 1. The van der Waals surface area contributed by atoms with E-state index in [1.165, 1.54) is 0 Å². The Morgan fingerprint density at radius 3 is 2.74 bits per heavy atom. The Morgan fingerprint density at radius 1 is 1.32 bits per heavy atom. The van der Waals surface area contributed by atoms with Crippen LogP contribution in [0.15, 0.2) is 18.2 Å². The summed E-state index contributed by atoms with van der Waals surface area (Å²) in [6.07, 6.45) is 2.34. The Bertz CT molecular complexity index is 512. The van der Waals surface area contributed by atoms with Crippen molar-refractivity contribution in [1.82, 2.24) is 5.32 Å². The van der Waals surface area contributed by atoms with Crippen LogP contribution in [0, 0.1) is 5.41 Å². The van der Waals surface area contributed by atoms with Crippen LogP contribution >= 0.6 is 0 Å². The van der Waals surface area contributed by atoms with Crippen LogP contribution < -0.4 is 5.32 Å². The minimum atomic E-state index is -0.0575. The normalized spacial score (nSPS) is 15.4. The summed E-state index contributed by atoms with van der Waals surface area (Å²) in [4.78, 5) is 24.2. The van der Waals surface area contributed by atoms with E-state index >= 15 is 0 Å². The minimum Gasteiger partial charge on any atom is -0.352 e. The summed E-state index contributed by atoms with van der Waals surface area (Å²) in [7, 11) is 0. The van der Waals surface area contributed by atoms with Crippen LogP contribution in [0.3, 0.4) is 0 Å². The first-order chi connectivity index (χ1) is 8.87. The second-order valence-corrected chi connectivity index (χ2v) is 6.39. The molecule has 0 aromatic heterocycles. The van der Waals surface area contributed by atoms with Gasteiger partial charge in [0.15, 0.2) is 5.78 Å². The van der Waals surface area contributed by atoms with E-state index in [2.05, 4.69) is 5.32 Å². The summed E-state index contributed by atoms with van der Waals surface area (Å²) in [5.41, 5.74) is 2.32. The van der Waals surface area contributed by atoms with E-state index in [0.717, 1.165) is 18.4 Å². The van der Waals surface area contributed by atoms with E-state index in [1.807, 2.05) is 32.9 Å². The first-order valence-electron chi connectivity index (χ1n) is 6.81. The van der Waals surface area contributed by atoms with Crippen LogP contribution in [-0.2, 0) is 6.42 Å². The lowest BCUT2D eigenvalue weighted by Gasteiger charge is -2.17. The molecular formula is C16H21NO2. The summed E-state index contributed by atoms with van der Waals surface area (Å²) < 4.78 is 0. The first kappa shape index (κ1) is 13.8. The van der Waals surface area contributed by atoms with Gasteiger partial charge in [0.25, 0.3) is 5.91 Å². The second-order valence-electron chi connectivity index (χ2n) is 6.39.